The second kappa shape index (κ2) is 7.33. The van der Waals surface area contributed by atoms with E-state index in [0.29, 0.717) is 13.2 Å². The summed E-state index contributed by atoms with van der Waals surface area (Å²) in [6.45, 7) is 2.07. The average Bonchev–Trinajstić information content (AvgIpc) is 3.03. The summed E-state index contributed by atoms with van der Waals surface area (Å²) >= 11 is 0. The predicted octanol–water partition coefficient (Wildman–Crippen LogP) is 4.11. The number of hydrogen-bond donors (Lipinski definition) is 1. The van der Waals surface area contributed by atoms with Gasteiger partial charge in [-0.05, 0) is 49.0 Å². The molecule has 0 spiro atoms. The van der Waals surface area contributed by atoms with E-state index in [1.165, 1.54) is 0 Å². The van der Waals surface area contributed by atoms with Crippen LogP contribution >= 0.6 is 0 Å². The van der Waals surface area contributed by atoms with Gasteiger partial charge in [0.05, 0.1) is 18.3 Å². The Kier molecular flexibility index (Phi) is 4.52. The quantitative estimate of drug-likeness (QED) is 0.735. The van der Waals surface area contributed by atoms with Gasteiger partial charge in [-0.1, -0.05) is 42.5 Å². The Bertz CT molecular complexity index is 1070. The Labute approximate surface area is 169 Å². The Balaban J connectivity index is 1.31. The maximum absolute atomic E-state index is 13.0. The number of likely N-dealkylation sites (tertiary alicyclic amines) is 1. The molecule has 5 rings (SSSR count). The van der Waals surface area contributed by atoms with E-state index in [0.717, 1.165) is 47.1 Å². The van der Waals surface area contributed by atoms with E-state index in [4.69, 9.17) is 0 Å². The molecule has 1 N–H and O–H groups in total. The molecule has 0 saturated carbocycles. The molecule has 2 amide bonds. The third kappa shape index (κ3) is 3.28. The maximum atomic E-state index is 13.0. The van der Waals surface area contributed by atoms with Gasteiger partial charge in [0.1, 0.15) is 0 Å². The van der Waals surface area contributed by atoms with Crippen molar-refractivity contribution >= 4 is 34.0 Å². The highest BCUT2D eigenvalue weighted by Gasteiger charge is 2.33. The van der Waals surface area contributed by atoms with Crippen LogP contribution in [-0.2, 0) is 4.79 Å². The van der Waals surface area contributed by atoms with Crippen LogP contribution in [0.5, 0.6) is 0 Å². The largest absolute Gasteiger partial charge is 0.326 e. The van der Waals surface area contributed by atoms with Gasteiger partial charge in [-0.15, -0.1) is 0 Å². The fourth-order valence-corrected chi connectivity index (χ4v) is 4.48. The van der Waals surface area contributed by atoms with Gasteiger partial charge in [-0.3, -0.25) is 19.4 Å². The number of hydrogen-bond acceptors (Lipinski definition) is 3. The first-order valence-corrected chi connectivity index (χ1v) is 10.1. The zero-order chi connectivity index (χ0) is 19.8. The van der Waals surface area contributed by atoms with E-state index in [2.05, 4.69) is 10.2 Å². The Morgan fingerprint density at radius 1 is 1.00 bits per heavy atom. The number of nitrogens with one attached hydrogen (secondary N) is 1. The summed E-state index contributed by atoms with van der Waals surface area (Å²) in [4.78, 5) is 29.8. The van der Waals surface area contributed by atoms with E-state index < -0.39 is 0 Å². The van der Waals surface area contributed by atoms with E-state index in [1.807, 2.05) is 71.6 Å². The highest BCUT2D eigenvalue weighted by atomic mass is 16.2. The molecule has 2 aliphatic heterocycles. The minimum atomic E-state index is -0.0696. The molecule has 0 aliphatic carbocycles. The number of amides is 2. The molecule has 1 fully saturated rings. The van der Waals surface area contributed by atoms with Gasteiger partial charge in [0, 0.05) is 23.2 Å². The molecule has 1 atom stereocenters. The van der Waals surface area contributed by atoms with Crippen molar-refractivity contribution in [1.29, 1.82) is 0 Å². The van der Waals surface area contributed by atoms with Crippen LogP contribution in [0.2, 0.25) is 0 Å². The normalized spacial score (nSPS) is 19.0. The zero-order valence-corrected chi connectivity index (χ0v) is 16.2. The van der Waals surface area contributed by atoms with Gasteiger partial charge in [0.2, 0.25) is 5.91 Å². The third-order valence-corrected chi connectivity index (χ3v) is 5.91. The number of nitrogens with zero attached hydrogens (tertiary/aromatic N) is 2. The summed E-state index contributed by atoms with van der Waals surface area (Å²) in [5, 5.41) is 5.15. The van der Waals surface area contributed by atoms with E-state index in [-0.39, 0.29) is 17.7 Å². The lowest BCUT2D eigenvalue weighted by molar-refractivity contribution is -0.121. The molecule has 0 aromatic heterocycles. The van der Waals surface area contributed by atoms with Crippen molar-refractivity contribution < 1.29 is 9.59 Å². The first-order valence-electron chi connectivity index (χ1n) is 10.1. The first kappa shape index (κ1) is 17.9. The molecule has 5 heteroatoms. The van der Waals surface area contributed by atoms with Crippen LogP contribution in [0, 0.1) is 5.92 Å². The number of benzene rings is 3. The lowest BCUT2D eigenvalue weighted by Gasteiger charge is -2.34. The number of rotatable bonds is 4. The maximum Gasteiger partial charge on any atom is 0.260 e. The van der Waals surface area contributed by atoms with Crippen molar-refractivity contribution in [3.8, 4) is 0 Å². The van der Waals surface area contributed by atoms with Crippen molar-refractivity contribution in [2.75, 3.05) is 30.0 Å². The van der Waals surface area contributed by atoms with Gasteiger partial charge in [-0.2, -0.15) is 0 Å². The van der Waals surface area contributed by atoms with Gasteiger partial charge in [-0.25, -0.2) is 0 Å². The summed E-state index contributed by atoms with van der Waals surface area (Å²) in [5.41, 5.74) is 2.57. The van der Waals surface area contributed by atoms with Gasteiger partial charge in [0.15, 0.2) is 0 Å². The lowest BCUT2D eigenvalue weighted by atomic mass is 9.97. The second-order valence-corrected chi connectivity index (χ2v) is 7.83. The molecule has 3 aromatic carbocycles. The van der Waals surface area contributed by atoms with Gasteiger partial charge < -0.3 is 5.32 Å². The minimum Gasteiger partial charge on any atom is -0.326 e. The van der Waals surface area contributed by atoms with Crippen LogP contribution in [-0.4, -0.2) is 36.5 Å². The molecule has 3 aromatic rings. The standard InChI is InChI=1S/C24H23N3O2/c28-23(25-19-10-2-1-3-11-19)18-9-6-14-26(15-18)16-27-21-13-5-8-17-7-4-12-20(22(17)21)24(27)29/h1-5,7-8,10-13,18H,6,9,14-16H2,(H,25,28). The molecule has 2 heterocycles. The Hall–Kier alpha value is -3.18. The molecule has 0 bridgehead atoms. The molecule has 1 unspecified atom stereocenters. The summed E-state index contributed by atoms with van der Waals surface area (Å²) in [7, 11) is 0. The van der Waals surface area contributed by atoms with Crippen molar-refractivity contribution in [1.82, 2.24) is 4.90 Å². The molecule has 5 nitrogen and oxygen atoms in total. The van der Waals surface area contributed by atoms with Crippen LogP contribution < -0.4 is 10.2 Å². The van der Waals surface area contributed by atoms with E-state index in [9.17, 15) is 9.59 Å². The summed E-state index contributed by atoms with van der Waals surface area (Å²) in [5.74, 6) is 0.0338. The summed E-state index contributed by atoms with van der Waals surface area (Å²) in [6, 6.07) is 21.5. The molecule has 146 valence electrons. The molecule has 29 heavy (non-hydrogen) atoms. The predicted molar refractivity (Wildman–Crippen MR) is 115 cm³/mol. The van der Waals surface area contributed by atoms with Crippen LogP contribution in [0.15, 0.2) is 66.7 Å². The van der Waals surface area contributed by atoms with Crippen LogP contribution in [0.4, 0.5) is 11.4 Å². The minimum absolute atomic E-state index is 0.0488. The number of carbonyl (C=O) groups is 2. The number of carbonyl (C=O) groups excluding carboxylic acids is 2. The van der Waals surface area contributed by atoms with Crippen molar-refractivity contribution in [2.24, 2.45) is 5.92 Å². The smallest absolute Gasteiger partial charge is 0.260 e. The topological polar surface area (TPSA) is 52.7 Å². The lowest BCUT2D eigenvalue weighted by Crippen LogP contribution is -2.46. The Morgan fingerprint density at radius 3 is 2.62 bits per heavy atom. The highest BCUT2D eigenvalue weighted by Crippen LogP contribution is 2.37. The van der Waals surface area contributed by atoms with Crippen LogP contribution in [0.25, 0.3) is 10.8 Å². The fraction of sp³-hybridized carbons (Fsp3) is 0.250. The average molecular weight is 385 g/mol. The van der Waals surface area contributed by atoms with Crippen LogP contribution in [0.3, 0.4) is 0 Å². The fourth-order valence-electron chi connectivity index (χ4n) is 4.48. The zero-order valence-electron chi connectivity index (χ0n) is 16.2. The van der Waals surface area contributed by atoms with E-state index in [1.54, 1.807) is 0 Å². The molecular weight excluding hydrogens is 362 g/mol. The van der Waals surface area contributed by atoms with Gasteiger partial charge >= 0.3 is 0 Å². The third-order valence-electron chi connectivity index (χ3n) is 5.91. The summed E-state index contributed by atoms with van der Waals surface area (Å²) in [6.07, 6.45) is 1.82. The van der Waals surface area contributed by atoms with Crippen molar-refractivity contribution in [3.63, 3.8) is 0 Å². The number of para-hydroxylation sites is 1. The Morgan fingerprint density at radius 2 is 1.79 bits per heavy atom. The van der Waals surface area contributed by atoms with Crippen molar-refractivity contribution in [3.05, 3.63) is 72.3 Å². The SMILES string of the molecule is O=C(Nc1ccccc1)C1CCCN(CN2C(=O)c3cccc4cccc2c34)C1. The first-order chi connectivity index (χ1) is 14.2. The molecular formula is C24H23N3O2. The van der Waals surface area contributed by atoms with Gasteiger partial charge in [0.25, 0.3) is 5.91 Å². The number of anilines is 2. The summed E-state index contributed by atoms with van der Waals surface area (Å²) < 4.78 is 0. The molecule has 0 radical (unpaired) electrons. The second-order valence-electron chi connectivity index (χ2n) is 7.83. The van der Waals surface area contributed by atoms with E-state index >= 15 is 0 Å². The number of piperidine rings is 1. The molecule has 1 saturated heterocycles. The highest BCUT2D eigenvalue weighted by molar-refractivity contribution is 6.24. The van der Waals surface area contributed by atoms with Crippen LogP contribution in [0.1, 0.15) is 23.2 Å². The van der Waals surface area contributed by atoms with Crippen molar-refractivity contribution in [2.45, 2.75) is 12.8 Å². The monoisotopic (exact) mass is 385 g/mol. The molecule has 2 aliphatic rings.